The first-order valence-electron chi connectivity index (χ1n) is 5.72. The van der Waals surface area contributed by atoms with E-state index in [1.165, 1.54) is 0 Å². The van der Waals surface area contributed by atoms with Crippen LogP contribution in [0.25, 0.3) is 0 Å². The third-order valence-corrected chi connectivity index (χ3v) is 7.41. The summed E-state index contributed by atoms with van der Waals surface area (Å²) in [5.74, 6) is 2.56. The quantitative estimate of drug-likeness (QED) is 0.721. The van der Waals surface area contributed by atoms with E-state index < -0.39 is 10.0 Å². The first kappa shape index (κ1) is 15.6. The van der Waals surface area contributed by atoms with Crippen LogP contribution in [0, 0.1) is 5.92 Å². The average Bonchev–Trinajstić information content (AvgIpc) is 2.77. The Morgan fingerprint density at radius 3 is 2.53 bits per heavy atom. The van der Waals surface area contributed by atoms with Crippen molar-refractivity contribution in [3.8, 4) is 0 Å². The minimum atomic E-state index is -3.53. The van der Waals surface area contributed by atoms with E-state index >= 15 is 0 Å². The Bertz CT molecular complexity index is 549. The van der Waals surface area contributed by atoms with E-state index in [2.05, 4.69) is 36.6 Å². The molecule has 0 aliphatic carbocycles. The van der Waals surface area contributed by atoms with Gasteiger partial charge in [-0.3, -0.25) is 0 Å². The van der Waals surface area contributed by atoms with Crippen molar-refractivity contribution >= 4 is 59.3 Å². The first-order valence-corrected chi connectivity index (χ1v) is 9.94. The number of nitrogen functional groups attached to an aromatic ring is 1. The fourth-order valence-electron chi connectivity index (χ4n) is 1.88. The molecule has 0 aromatic heterocycles. The van der Waals surface area contributed by atoms with Crippen LogP contribution in [0.3, 0.4) is 0 Å². The van der Waals surface area contributed by atoms with Crippen LogP contribution in [0.4, 0.5) is 5.69 Å². The normalized spacial score (nSPS) is 19.8. The Balaban J connectivity index is 2.19. The molecular weight excluding hydrogens is 416 g/mol. The summed E-state index contributed by atoms with van der Waals surface area (Å²) in [6, 6.07) is 3.18. The second kappa shape index (κ2) is 6.34. The molecule has 4 nitrogen and oxygen atoms in total. The molecule has 0 spiro atoms. The van der Waals surface area contributed by atoms with E-state index in [9.17, 15) is 8.42 Å². The molecule has 0 amide bonds. The highest BCUT2D eigenvalue weighted by atomic mass is 79.9. The fourth-order valence-corrected chi connectivity index (χ4v) is 6.90. The fraction of sp³-hybridized carbons (Fsp3) is 0.455. The van der Waals surface area contributed by atoms with Gasteiger partial charge in [-0.15, -0.1) is 0 Å². The number of sulfonamides is 1. The number of benzene rings is 1. The van der Waals surface area contributed by atoms with E-state index in [1.54, 1.807) is 12.1 Å². The van der Waals surface area contributed by atoms with Gasteiger partial charge in [-0.2, -0.15) is 11.8 Å². The lowest BCUT2D eigenvalue weighted by molar-refractivity contribution is 0.545. The van der Waals surface area contributed by atoms with Crippen molar-refractivity contribution in [2.45, 2.75) is 11.3 Å². The lowest BCUT2D eigenvalue weighted by Gasteiger charge is -2.13. The molecule has 106 valence electrons. The van der Waals surface area contributed by atoms with Gasteiger partial charge < -0.3 is 5.73 Å². The second-order valence-corrected chi connectivity index (χ2v) is 8.96. The minimum Gasteiger partial charge on any atom is -0.399 e. The molecule has 1 heterocycles. The first-order chi connectivity index (χ1) is 8.90. The summed E-state index contributed by atoms with van der Waals surface area (Å²) in [6.45, 7) is 0.485. The molecule has 0 radical (unpaired) electrons. The van der Waals surface area contributed by atoms with Gasteiger partial charge >= 0.3 is 0 Å². The third-order valence-electron chi connectivity index (χ3n) is 2.88. The number of nitrogens with two attached hydrogens (primary N) is 1. The zero-order valence-electron chi connectivity index (χ0n) is 10.0. The van der Waals surface area contributed by atoms with Gasteiger partial charge in [-0.1, -0.05) is 0 Å². The predicted octanol–water partition coefficient (Wildman–Crippen LogP) is 2.83. The summed E-state index contributed by atoms with van der Waals surface area (Å²) in [7, 11) is -3.53. The predicted molar refractivity (Wildman–Crippen MR) is 86.9 cm³/mol. The molecule has 1 atom stereocenters. The Morgan fingerprint density at radius 1 is 1.37 bits per heavy atom. The van der Waals surface area contributed by atoms with Gasteiger partial charge in [0.2, 0.25) is 10.0 Å². The molecule has 1 aromatic carbocycles. The van der Waals surface area contributed by atoms with Gasteiger partial charge in [0.15, 0.2) is 0 Å². The van der Waals surface area contributed by atoms with Gasteiger partial charge in [-0.05, 0) is 67.8 Å². The van der Waals surface area contributed by atoms with Crippen LogP contribution in [0.15, 0.2) is 26.0 Å². The van der Waals surface area contributed by atoms with Crippen molar-refractivity contribution in [2.24, 2.45) is 5.92 Å². The number of anilines is 1. The summed E-state index contributed by atoms with van der Waals surface area (Å²) >= 11 is 8.37. The van der Waals surface area contributed by atoms with Gasteiger partial charge in [-0.25, -0.2) is 13.1 Å². The van der Waals surface area contributed by atoms with E-state index in [-0.39, 0.29) is 4.90 Å². The molecule has 8 heteroatoms. The van der Waals surface area contributed by atoms with E-state index in [0.29, 0.717) is 27.1 Å². The van der Waals surface area contributed by atoms with Gasteiger partial charge in [0, 0.05) is 21.2 Å². The van der Waals surface area contributed by atoms with Crippen molar-refractivity contribution in [2.75, 3.05) is 23.8 Å². The van der Waals surface area contributed by atoms with Crippen LogP contribution in [0.1, 0.15) is 6.42 Å². The second-order valence-electron chi connectivity index (χ2n) is 4.40. The standard InChI is InChI=1S/C11H14Br2N2O2S2/c12-9-3-8(14)4-10(13)11(9)19(16,17)15-5-7-1-2-18-6-7/h3-4,7,15H,1-2,5-6,14H2. The molecule has 1 aliphatic rings. The molecule has 0 bridgehead atoms. The van der Waals surface area contributed by atoms with Crippen molar-refractivity contribution in [3.05, 3.63) is 21.1 Å². The monoisotopic (exact) mass is 428 g/mol. The number of hydrogen-bond acceptors (Lipinski definition) is 4. The molecule has 1 aliphatic heterocycles. The van der Waals surface area contributed by atoms with Gasteiger partial charge in [0.05, 0.1) is 0 Å². The maximum atomic E-state index is 12.3. The lowest BCUT2D eigenvalue weighted by Crippen LogP contribution is -2.30. The smallest absolute Gasteiger partial charge is 0.242 e. The number of halogens is 2. The molecule has 2 rings (SSSR count). The zero-order valence-corrected chi connectivity index (χ0v) is 14.8. The van der Waals surface area contributed by atoms with Crippen LogP contribution in [-0.2, 0) is 10.0 Å². The lowest BCUT2D eigenvalue weighted by atomic mass is 10.1. The van der Waals surface area contributed by atoms with Crippen LogP contribution >= 0.6 is 43.6 Å². The molecule has 19 heavy (non-hydrogen) atoms. The number of nitrogens with one attached hydrogen (secondary N) is 1. The van der Waals surface area contributed by atoms with Crippen molar-refractivity contribution in [1.29, 1.82) is 0 Å². The van der Waals surface area contributed by atoms with Crippen molar-refractivity contribution in [1.82, 2.24) is 4.72 Å². The number of thioether (sulfide) groups is 1. The largest absolute Gasteiger partial charge is 0.399 e. The van der Waals surface area contributed by atoms with Gasteiger partial charge in [0.25, 0.3) is 0 Å². The highest BCUT2D eigenvalue weighted by Gasteiger charge is 2.24. The summed E-state index contributed by atoms with van der Waals surface area (Å²) in [4.78, 5) is 0.201. The van der Waals surface area contributed by atoms with Crippen LogP contribution in [0.2, 0.25) is 0 Å². The average molecular weight is 430 g/mol. The molecule has 1 fully saturated rings. The van der Waals surface area contributed by atoms with Crippen molar-refractivity contribution < 1.29 is 8.42 Å². The Kier molecular flexibility index (Phi) is 5.21. The summed E-state index contributed by atoms with van der Waals surface area (Å²) in [5, 5.41) is 0. The van der Waals surface area contributed by atoms with Crippen LogP contribution < -0.4 is 10.5 Å². The van der Waals surface area contributed by atoms with E-state index in [0.717, 1.165) is 17.9 Å². The Hall–Kier alpha value is 0.240. The SMILES string of the molecule is Nc1cc(Br)c(S(=O)(=O)NCC2CCSC2)c(Br)c1. The molecule has 1 unspecified atom stereocenters. The van der Waals surface area contributed by atoms with Crippen LogP contribution in [0.5, 0.6) is 0 Å². The highest BCUT2D eigenvalue weighted by Crippen LogP contribution is 2.32. The summed E-state index contributed by atoms with van der Waals surface area (Å²) in [5.41, 5.74) is 6.17. The Morgan fingerprint density at radius 2 is 2.00 bits per heavy atom. The van der Waals surface area contributed by atoms with E-state index in [1.807, 2.05) is 11.8 Å². The maximum Gasteiger partial charge on any atom is 0.242 e. The molecule has 0 saturated carbocycles. The summed E-state index contributed by atoms with van der Waals surface area (Å²) < 4.78 is 28.3. The molecular formula is C11H14Br2N2O2S2. The van der Waals surface area contributed by atoms with E-state index in [4.69, 9.17) is 5.73 Å². The molecule has 1 saturated heterocycles. The van der Waals surface area contributed by atoms with Crippen LogP contribution in [-0.4, -0.2) is 26.5 Å². The van der Waals surface area contributed by atoms with Gasteiger partial charge in [0.1, 0.15) is 4.90 Å². The topological polar surface area (TPSA) is 72.2 Å². The number of rotatable bonds is 4. The minimum absolute atomic E-state index is 0.201. The van der Waals surface area contributed by atoms with Crippen molar-refractivity contribution in [3.63, 3.8) is 0 Å². The third kappa shape index (κ3) is 3.87. The number of hydrogen-bond donors (Lipinski definition) is 2. The Labute approximate surface area is 134 Å². The zero-order chi connectivity index (χ0) is 14.0. The maximum absolute atomic E-state index is 12.3. The molecule has 1 aromatic rings. The summed E-state index contributed by atoms with van der Waals surface area (Å²) in [6.07, 6.45) is 1.07. The molecule has 3 N–H and O–H groups in total. The highest BCUT2D eigenvalue weighted by molar-refractivity contribution is 9.11.